The topological polar surface area (TPSA) is 36.9 Å². The number of ether oxygens (including phenoxy) is 1. The average molecular weight is 471 g/mol. The van der Waals surface area contributed by atoms with Crippen molar-refractivity contribution < 1.29 is 4.74 Å². The van der Waals surface area contributed by atoms with Gasteiger partial charge in [0, 0.05) is 39.2 Å². The molecule has 2 atom stereocenters. The molecule has 1 heterocycles. The molecule has 0 aromatic heterocycles. The SMILES string of the molecule is C=CCCCN(C)C(=NCC1CCCOC1c1ccccc1)NCC.I. The molecule has 4 nitrogen and oxygen atoms in total. The maximum absolute atomic E-state index is 6.09. The van der Waals surface area contributed by atoms with Gasteiger partial charge in [-0.3, -0.25) is 4.99 Å². The molecule has 1 aliphatic rings. The Morgan fingerprint density at radius 2 is 2.15 bits per heavy atom. The lowest BCUT2D eigenvalue weighted by atomic mass is 9.89. The molecule has 1 saturated heterocycles. The van der Waals surface area contributed by atoms with Crippen molar-refractivity contribution in [2.24, 2.45) is 10.9 Å². The molecule has 0 radical (unpaired) electrons. The molecule has 0 bridgehead atoms. The van der Waals surface area contributed by atoms with E-state index in [2.05, 4.69) is 61.1 Å². The van der Waals surface area contributed by atoms with Crippen LogP contribution in [0.3, 0.4) is 0 Å². The fourth-order valence-corrected chi connectivity index (χ4v) is 3.29. The van der Waals surface area contributed by atoms with Gasteiger partial charge in [-0.2, -0.15) is 0 Å². The lowest BCUT2D eigenvalue weighted by molar-refractivity contribution is -0.0250. The third-order valence-corrected chi connectivity index (χ3v) is 4.65. The van der Waals surface area contributed by atoms with E-state index in [1.807, 2.05) is 6.08 Å². The van der Waals surface area contributed by atoms with Crippen molar-refractivity contribution in [1.82, 2.24) is 10.2 Å². The Morgan fingerprint density at radius 3 is 2.85 bits per heavy atom. The van der Waals surface area contributed by atoms with Crippen molar-refractivity contribution in [3.05, 3.63) is 48.6 Å². The number of unbranched alkanes of at least 4 members (excludes halogenated alkanes) is 1. The van der Waals surface area contributed by atoms with Crippen LogP contribution in [0.25, 0.3) is 0 Å². The van der Waals surface area contributed by atoms with Crippen molar-refractivity contribution in [3.8, 4) is 0 Å². The van der Waals surface area contributed by atoms with Crippen LogP contribution in [0.4, 0.5) is 0 Å². The van der Waals surface area contributed by atoms with Crippen molar-refractivity contribution in [2.45, 2.75) is 38.7 Å². The summed E-state index contributed by atoms with van der Waals surface area (Å²) in [4.78, 5) is 7.13. The van der Waals surface area contributed by atoms with Gasteiger partial charge in [-0.05, 0) is 38.2 Å². The third kappa shape index (κ3) is 7.27. The van der Waals surface area contributed by atoms with Gasteiger partial charge in [0.1, 0.15) is 0 Å². The minimum atomic E-state index is 0. The Hall–Kier alpha value is -1.08. The highest BCUT2D eigenvalue weighted by atomic mass is 127. The molecule has 26 heavy (non-hydrogen) atoms. The van der Waals surface area contributed by atoms with Crippen LogP contribution in [-0.4, -0.2) is 44.1 Å². The molecule has 5 heteroatoms. The zero-order valence-corrected chi connectivity index (χ0v) is 18.5. The zero-order valence-electron chi connectivity index (χ0n) is 16.2. The van der Waals surface area contributed by atoms with Gasteiger partial charge in [-0.15, -0.1) is 30.6 Å². The number of halogens is 1. The molecule has 1 N–H and O–H groups in total. The van der Waals surface area contributed by atoms with E-state index in [4.69, 9.17) is 9.73 Å². The van der Waals surface area contributed by atoms with Crippen molar-refractivity contribution in [1.29, 1.82) is 0 Å². The minimum absolute atomic E-state index is 0. The standard InChI is InChI=1S/C21H33N3O.HI/c1-4-6-10-15-24(3)21(22-5-2)23-17-19-14-11-16-25-20(19)18-12-8-7-9-13-18;/h4,7-9,12-13,19-20H,1,5-6,10-11,14-17H2,2-3H3,(H,22,23);1H. The number of benzene rings is 1. The summed E-state index contributed by atoms with van der Waals surface area (Å²) in [6.07, 6.45) is 6.56. The van der Waals surface area contributed by atoms with Crippen molar-refractivity contribution in [2.75, 3.05) is 33.3 Å². The van der Waals surface area contributed by atoms with Crippen LogP contribution in [0.1, 0.15) is 44.3 Å². The Balaban J connectivity index is 0.00000338. The first-order valence-corrected chi connectivity index (χ1v) is 9.53. The normalized spacial score (nSPS) is 20.2. The van der Waals surface area contributed by atoms with Crippen molar-refractivity contribution >= 4 is 29.9 Å². The predicted molar refractivity (Wildman–Crippen MR) is 121 cm³/mol. The third-order valence-electron chi connectivity index (χ3n) is 4.65. The van der Waals surface area contributed by atoms with Gasteiger partial charge in [-0.1, -0.05) is 36.4 Å². The van der Waals surface area contributed by atoms with Gasteiger partial charge in [0.2, 0.25) is 0 Å². The molecule has 2 unspecified atom stereocenters. The Bertz CT molecular complexity index is 535. The zero-order chi connectivity index (χ0) is 17.9. The lowest BCUT2D eigenvalue weighted by Gasteiger charge is -2.32. The molecule has 0 saturated carbocycles. The molecular weight excluding hydrogens is 437 g/mol. The molecule has 0 aliphatic carbocycles. The van der Waals surface area contributed by atoms with Gasteiger partial charge in [-0.25, -0.2) is 0 Å². The number of aliphatic imine (C=N–C) groups is 1. The molecule has 0 spiro atoms. The largest absolute Gasteiger partial charge is 0.373 e. The number of hydrogen-bond acceptors (Lipinski definition) is 2. The number of hydrogen-bond donors (Lipinski definition) is 1. The highest BCUT2D eigenvalue weighted by Gasteiger charge is 2.27. The summed E-state index contributed by atoms with van der Waals surface area (Å²) >= 11 is 0. The number of nitrogens with one attached hydrogen (secondary N) is 1. The fourth-order valence-electron chi connectivity index (χ4n) is 3.29. The second kappa shape index (κ2) is 13.1. The second-order valence-electron chi connectivity index (χ2n) is 6.65. The fraction of sp³-hybridized carbons (Fsp3) is 0.571. The summed E-state index contributed by atoms with van der Waals surface area (Å²) in [7, 11) is 2.11. The van der Waals surface area contributed by atoms with Gasteiger partial charge in [0.15, 0.2) is 5.96 Å². The van der Waals surface area contributed by atoms with E-state index in [0.29, 0.717) is 5.92 Å². The summed E-state index contributed by atoms with van der Waals surface area (Å²) in [5.41, 5.74) is 1.27. The smallest absolute Gasteiger partial charge is 0.193 e. The quantitative estimate of drug-likeness (QED) is 0.197. The Kier molecular flexibility index (Phi) is 11.6. The van der Waals surface area contributed by atoms with Crippen LogP contribution < -0.4 is 5.32 Å². The highest BCUT2D eigenvalue weighted by molar-refractivity contribution is 14.0. The van der Waals surface area contributed by atoms with E-state index in [-0.39, 0.29) is 30.1 Å². The highest BCUT2D eigenvalue weighted by Crippen LogP contribution is 2.33. The number of nitrogens with zero attached hydrogens (tertiary/aromatic N) is 2. The van der Waals surface area contributed by atoms with E-state index in [9.17, 15) is 0 Å². The first kappa shape index (κ1) is 23.0. The minimum Gasteiger partial charge on any atom is -0.373 e. The monoisotopic (exact) mass is 471 g/mol. The maximum atomic E-state index is 6.09. The maximum Gasteiger partial charge on any atom is 0.193 e. The lowest BCUT2D eigenvalue weighted by Crippen LogP contribution is -2.40. The molecule has 1 aliphatic heterocycles. The average Bonchev–Trinajstić information content (AvgIpc) is 2.66. The first-order valence-electron chi connectivity index (χ1n) is 9.53. The molecule has 1 fully saturated rings. The van der Waals surface area contributed by atoms with E-state index in [1.54, 1.807) is 0 Å². The predicted octanol–water partition coefficient (Wildman–Crippen LogP) is 4.64. The van der Waals surface area contributed by atoms with Gasteiger partial charge < -0.3 is 15.0 Å². The van der Waals surface area contributed by atoms with Crippen LogP contribution >= 0.6 is 24.0 Å². The summed E-state index contributed by atoms with van der Waals surface area (Å²) in [6, 6.07) is 10.6. The van der Waals surface area contributed by atoms with Crippen LogP contribution in [0.15, 0.2) is 48.0 Å². The first-order chi connectivity index (χ1) is 12.3. The molecule has 146 valence electrons. The van der Waals surface area contributed by atoms with Crippen LogP contribution in [-0.2, 0) is 4.74 Å². The van der Waals surface area contributed by atoms with Crippen LogP contribution in [0, 0.1) is 5.92 Å². The number of guanidine groups is 1. The molecule has 1 aromatic carbocycles. The summed E-state index contributed by atoms with van der Waals surface area (Å²) in [6.45, 7) is 9.43. The molecule has 2 rings (SSSR count). The molecule has 1 aromatic rings. The molecular formula is C21H34IN3O. The van der Waals surface area contributed by atoms with E-state index < -0.39 is 0 Å². The Labute approximate surface area is 176 Å². The van der Waals surface area contributed by atoms with Gasteiger partial charge in [0.05, 0.1) is 6.10 Å². The van der Waals surface area contributed by atoms with E-state index in [0.717, 1.165) is 51.5 Å². The molecule has 0 amide bonds. The van der Waals surface area contributed by atoms with E-state index >= 15 is 0 Å². The Morgan fingerprint density at radius 1 is 1.38 bits per heavy atom. The van der Waals surface area contributed by atoms with Gasteiger partial charge >= 0.3 is 0 Å². The van der Waals surface area contributed by atoms with Crippen molar-refractivity contribution in [3.63, 3.8) is 0 Å². The number of rotatable bonds is 8. The van der Waals surface area contributed by atoms with Crippen LogP contribution in [0.5, 0.6) is 0 Å². The summed E-state index contributed by atoms with van der Waals surface area (Å²) in [5.74, 6) is 1.43. The van der Waals surface area contributed by atoms with Crippen LogP contribution in [0.2, 0.25) is 0 Å². The van der Waals surface area contributed by atoms with E-state index in [1.165, 1.54) is 12.0 Å². The second-order valence-corrected chi connectivity index (χ2v) is 6.65. The van der Waals surface area contributed by atoms with Gasteiger partial charge in [0.25, 0.3) is 0 Å². The summed E-state index contributed by atoms with van der Waals surface area (Å²) in [5, 5.41) is 3.41. The summed E-state index contributed by atoms with van der Waals surface area (Å²) < 4.78 is 6.09. The number of allylic oxidation sites excluding steroid dienone is 1.